The van der Waals surface area contributed by atoms with Crippen molar-refractivity contribution in [3.8, 4) is 0 Å². The van der Waals surface area contributed by atoms with Gasteiger partial charge in [0, 0.05) is 4.90 Å². The average Bonchev–Trinajstić information content (AvgIpc) is 2.69. The maximum Gasteiger partial charge on any atom is 0.328 e. The van der Waals surface area contributed by atoms with Gasteiger partial charge in [0.1, 0.15) is 6.04 Å². The largest absolute Gasteiger partial charge is 0.467 e. The van der Waals surface area contributed by atoms with E-state index in [2.05, 4.69) is 5.32 Å². The number of rotatable bonds is 9. The third-order valence-electron chi connectivity index (χ3n) is 3.97. The first-order valence-corrected chi connectivity index (χ1v) is 10.0. The number of ether oxygens (including phenoxy) is 2. The summed E-state index contributed by atoms with van der Waals surface area (Å²) >= 11 is 1.35. The van der Waals surface area contributed by atoms with Crippen LogP contribution >= 0.6 is 11.8 Å². The fraction of sp³-hybridized carbons (Fsp3) is 0.381. The third-order valence-corrected chi connectivity index (χ3v) is 4.94. The van der Waals surface area contributed by atoms with Crippen LogP contribution in [-0.4, -0.2) is 43.4 Å². The molecule has 2 aromatic rings. The zero-order chi connectivity index (χ0) is 20.5. The molecule has 0 aliphatic rings. The molecule has 0 saturated carbocycles. The smallest absolute Gasteiger partial charge is 0.328 e. The lowest BCUT2D eigenvalue weighted by atomic mass is 10.0. The number of benzene rings is 2. The van der Waals surface area contributed by atoms with Gasteiger partial charge in [-0.1, -0.05) is 44.2 Å². The zero-order valence-corrected chi connectivity index (χ0v) is 17.1. The van der Waals surface area contributed by atoms with Gasteiger partial charge in [-0.15, -0.1) is 11.8 Å². The van der Waals surface area contributed by atoms with Crippen molar-refractivity contribution >= 4 is 40.4 Å². The number of fused-ring (bicyclic) bond motifs is 1. The Morgan fingerprint density at radius 2 is 1.79 bits per heavy atom. The highest BCUT2D eigenvalue weighted by Crippen LogP contribution is 2.23. The van der Waals surface area contributed by atoms with Crippen molar-refractivity contribution in [3.63, 3.8) is 0 Å². The standard InChI is InChI=1S/C21H25NO5S/c1-14(2)10-18(21(25)26-3)22-19(23)12-27-20(24)13-28-17-9-8-15-6-4-5-7-16(15)11-17/h4-9,11,14,18H,10,12-13H2,1-3H3,(H,22,23)/t18-/m0/s1. The minimum atomic E-state index is -0.747. The minimum absolute atomic E-state index is 0.0953. The number of hydrogen-bond donors (Lipinski definition) is 1. The lowest BCUT2D eigenvalue weighted by Crippen LogP contribution is -2.44. The van der Waals surface area contributed by atoms with E-state index in [4.69, 9.17) is 9.47 Å². The van der Waals surface area contributed by atoms with Crippen LogP contribution in [0.15, 0.2) is 47.4 Å². The Kier molecular flexibility index (Phi) is 8.32. The molecule has 0 unspecified atom stereocenters. The number of methoxy groups -OCH3 is 1. The first kappa shape index (κ1) is 21.8. The summed E-state index contributed by atoms with van der Waals surface area (Å²) in [4.78, 5) is 36.6. The van der Waals surface area contributed by atoms with Crippen molar-refractivity contribution in [3.05, 3.63) is 42.5 Å². The average molecular weight is 404 g/mol. The van der Waals surface area contributed by atoms with Crippen molar-refractivity contribution in [1.29, 1.82) is 0 Å². The molecule has 28 heavy (non-hydrogen) atoms. The maximum absolute atomic E-state index is 12.0. The van der Waals surface area contributed by atoms with E-state index in [0.717, 1.165) is 15.7 Å². The molecule has 0 bridgehead atoms. The Labute approximate surface area is 169 Å². The quantitative estimate of drug-likeness (QED) is 0.512. The molecule has 0 aromatic heterocycles. The number of hydrogen-bond acceptors (Lipinski definition) is 6. The van der Waals surface area contributed by atoms with Crippen molar-refractivity contribution in [2.24, 2.45) is 5.92 Å². The molecule has 0 saturated heterocycles. The first-order chi connectivity index (χ1) is 13.4. The van der Waals surface area contributed by atoms with Crippen LogP contribution in [0.25, 0.3) is 10.8 Å². The predicted octanol–water partition coefficient (Wildman–Crippen LogP) is 3.18. The number of esters is 2. The number of carbonyl (C=O) groups excluding carboxylic acids is 3. The Morgan fingerprint density at radius 3 is 2.46 bits per heavy atom. The van der Waals surface area contributed by atoms with Crippen LogP contribution < -0.4 is 5.32 Å². The highest BCUT2D eigenvalue weighted by molar-refractivity contribution is 8.00. The Balaban J connectivity index is 1.78. The zero-order valence-electron chi connectivity index (χ0n) is 16.3. The first-order valence-electron chi connectivity index (χ1n) is 9.03. The highest BCUT2D eigenvalue weighted by Gasteiger charge is 2.23. The third kappa shape index (κ3) is 6.88. The van der Waals surface area contributed by atoms with E-state index in [0.29, 0.717) is 6.42 Å². The summed E-state index contributed by atoms with van der Waals surface area (Å²) in [5.41, 5.74) is 0. The fourth-order valence-corrected chi connectivity index (χ4v) is 3.39. The van der Waals surface area contributed by atoms with Gasteiger partial charge in [-0.25, -0.2) is 4.79 Å². The summed E-state index contributed by atoms with van der Waals surface area (Å²) < 4.78 is 9.70. The highest BCUT2D eigenvalue weighted by atomic mass is 32.2. The predicted molar refractivity (Wildman–Crippen MR) is 109 cm³/mol. The van der Waals surface area contributed by atoms with Crippen LogP contribution in [-0.2, 0) is 23.9 Å². The Hall–Kier alpha value is -2.54. The summed E-state index contributed by atoms with van der Waals surface area (Å²) in [5.74, 6) is -1.24. The van der Waals surface area contributed by atoms with Gasteiger partial charge >= 0.3 is 11.9 Å². The summed E-state index contributed by atoms with van der Waals surface area (Å²) in [6, 6.07) is 13.2. The number of thioether (sulfide) groups is 1. The molecule has 0 aliphatic heterocycles. The molecule has 0 spiro atoms. The summed E-state index contributed by atoms with van der Waals surface area (Å²) in [5, 5.41) is 4.78. The second-order valence-electron chi connectivity index (χ2n) is 6.73. The molecule has 0 fully saturated rings. The lowest BCUT2D eigenvalue weighted by molar-refractivity contribution is -0.149. The number of carbonyl (C=O) groups is 3. The molecular weight excluding hydrogens is 378 g/mol. The van der Waals surface area contributed by atoms with E-state index in [1.165, 1.54) is 18.9 Å². The molecular formula is C21H25NO5S. The van der Waals surface area contributed by atoms with Crippen LogP contribution in [0.4, 0.5) is 0 Å². The molecule has 0 heterocycles. The maximum atomic E-state index is 12.0. The van der Waals surface area contributed by atoms with Gasteiger partial charge < -0.3 is 14.8 Å². The van der Waals surface area contributed by atoms with Crippen molar-refractivity contribution in [2.45, 2.75) is 31.2 Å². The summed E-state index contributed by atoms with van der Waals surface area (Å²) in [6.45, 7) is 3.45. The SMILES string of the molecule is COC(=O)[C@H](CC(C)C)NC(=O)COC(=O)CSc1ccc2ccccc2c1. The van der Waals surface area contributed by atoms with Crippen molar-refractivity contribution < 1.29 is 23.9 Å². The van der Waals surface area contributed by atoms with E-state index in [1.807, 2.05) is 56.3 Å². The summed E-state index contributed by atoms with van der Waals surface area (Å²) in [6.07, 6.45) is 0.449. The summed E-state index contributed by atoms with van der Waals surface area (Å²) in [7, 11) is 1.27. The number of nitrogens with one attached hydrogen (secondary N) is 1. The van der Waals surface area contributed by atoms with Gasteiger partial charge in [-0.2, -0.15) is 0 Å². The molecule has 2 aromatic carbocycles. The van der Waals surface area contributed by atoms with Gasteiger partial charge in [0.2, 0.25) is 0 Å². The molecule has 1 N–H and O–H groups in total. The van der Waals surface area contributed by atoms with Gasteiger partial charge in [-0.05, 0) is 35.2 Å². The molecule has 6 nitrogen and oxygen atoms in total. The van der Waals surface area contributed by atoms with Crippen LogP contribution in [0.1, 0.15) is 20.3 Å². The van der Waals surface area contributed by atoms with Gasteiger partial charge in [0.05, 0.1) is 12.9 Å². The lowest BCUT2D eigenvalue weighted by Gasteiger charge is -2.18. The molecule has 1 amide bonds. The van der Waals surface area contributed by atoms with E-state index >= 15 is 0 Å². The molecule has 150 valence electrons. The minimum Gasteiger partial charge on any atom is -0.467 e. The Bertz CT molecular complexity index is 836. The van der Waals surface area contributed by atoms with Crippen LogP contribution in [0, 0.1) is 5.92 Å². The van der Waals surface area contributed by atoms with E-state index in [9.17, 15) is 14.4 Å². The van der Waals surface area contributed by atoms with Crippen LogP contribution in [0.3, 0.4) is 0 Å². The second-order valence-corrected chi connectivity index (χ2v) is 7.78. The van der Waals surface area contributed by atoms with Gasteiger partial charge in [-0.3, -0.25) is 9.59 Å². The second kappa shape index (κ2) is 10.7. The van der Waals surface area contributed by atoms with E-state index < -0.39 is 30.5 Å². The molecule has 7 heteroatoms. The molecule has 1 atom stereocenters. The monoisotopic (exact) mass is 403 g/mol. The van der Waals surface area contributed by atoms with Crippen molar-refractivity contribution in [2.75, 3.05) is 19.5 Å². The topological polar surface area (TPSA) is 81.7 Å². The molecule has 0 aliphatic carbocycles. The van der Waals surface area contributed by atoms with E-state index in [1.54, 1.807) is 0 Å². The number of amides is 1. The van der Waals surface area contributed by atoms with E-state index in [-0.39, 0.29) is 11.7 Å². The molecule has 0 radical (unpaired) electrons. The fourth-order valence-electron chi connectivity index (χ4n) is 2.65. The Morgan fingerprint density at radius 1 is 1.07 bits per heavy atom. The van der Waals surface area contributed by atoms with Crippen LogP contribution in [0.2, 0.25) is 0 Å². The molecule has 2 rings (SSSR count). The van der Waals surface area contributed by atoms with Crippen LogP contribution in [0.5, 0.6) is 0 Å². The normalized spacial score (nSPS) is 11.9. The van der Waals surface area contributed by atoms with Crippen molar-refractivity contribution in [1.82, 2.24) is 5.32 Å². The van der Waals surface area contributed by atoms with Gasteiger partial charge in [0.15, 0.2) is 6.61 Å². The van der Waals surface area contributed by atoms with Gasteiger partial charge in [0.25, 0.3) is 5.91 Å².